The van der Waals surface area contributed by atoms with E-state index in [-0.39, 0.29) is 11.8 Å². The number of carboxylic acid groups (broad SMARTS) is 1. The maximum absolute atomic E-state index is 10.6. The molecule has 0 bridgehead atoms. The molecule has 6 nitrogen and oxygen atoms in total. The minimum Gasteiger partial charge on any atom is -0.475 e. The Kier molecular flexibility index (Phi) is 10.4. The predicted molar refractivity (Wildman–Crippen MR) is 60.0 cm³/mol. The van der Waals surface area contributed by atoms with Crippen molar-refractivity contribution in [3.63, 3.8) is 0 Å². The van der Waals surface area contributed by atoms with Gasteiger partial charge in [0, 0.05) is 19.9 Å². The molecule has 4 N–H and O–H groups in total. The van der Waals surface area contributed by atoms with Gasteiger partial charge in [-0.05, 0) is 12.8 Å². The van der Waals surface area contributed by atoms with Crippen molar-refractivity contribution >= 4 is 17.8 Å². The molecule has 2 amide bonds. The summed E-state index contributed by atoms with van der Waals surface area (Å²) in [6.07, 6.45) is -1.98. The van der Waals surface area contributed by atoms with E-state index < -0.39 is 12.1 Å². The van der Waals surface area contributed by atoms with Crippen LogP contribution in [0.15, 0.2) is 0 Å². The maximum Gasteiger partial charge on any atom is 0.490 e. The Morgan fingerprint density at radius 3 is 1.95 bits per heavy atom. The summed E-state index contributed by atoms with van der Waals surface area (Å²) in [7, 11) is 0. The summed E-state index contributed by atoms with van der Waals surface area (Å²) < 4.78 is 31.7. The lowest BCUT2D eigenvalue weighted by atomic mass is 10.2. The van der Waals surface area contributed by atoms with E-state index in [2.05, 4.69) is 5.32 Å². The molecule has 0 heterocycles. The molecular weight excluding hydrogens is 269 g/mol. The second-order valence-corrected chi connectivity index (χ2v) is 3.56. The third-order valence-corrected chi connectivity index (χ3v) is 1.72. The minimum absolute atomic E-state index is 0.00935. The first kappa shape index (κ1) is 19.5. The van der Waals surface area contributed by atoms with Gasteiger partial charge in [-0.1, -0.05) is 6.42 Å². The summed E-state index contributed by atoms with van der Waals surface area (Å²) in [4.78, 5) is 29.6. The third kappa shape index (κ3) is 18.7. The molecular formula is C10H17F3N2O4. The van der Waals surface area contributed by atoms with Crippen molar-refractivity contribution < 1.29 is 32.7 Å². The first-order valence-electron chi connectivity index (χ1n) is 5.40. The van der Waals surface area contributed by atoms with Gasteiger partial charge >= 0.3 is 12.1 Å². The number of carbonyl (C=O) groups is 3. The monoisotopic (exact) mass is 286 g/mol. The first-order valence-corrected chi connectivity index (χ1v) is 5.40. The Hall–Kier alpha value is -1.80. The van der Waals surface area contributed by atoms with Crippen LogP contribution >= 0.6 is 0 Å². The number of hydrogen-bond acceptors (Lipinski definition) is 3. The van der Waals surface area contributed by atoms with Crippen molar-refractivity contribution in [2.24, 2.45) is 5.73 Å². The van der Waals surface area contributed by atoms with Crippen molar-refractivity contribution in [2.75, 3.05) is 6.54 Å². The quantitative estimate of drug-likeness (QED) is 0.627. The van der Waals surface area contributed by atoms with Gasteiger partial charge in [-0.3, -0.25) is 9.59 Å². The molecule has 112 valence electrons. The molecule has 0 rings (SSSR count). The Labute approximate surface area is 108 Å². The summed E-state index contributed by atoms with van der Waals surface area (Å²) in [6, 6.07) is 0. The number of primary amides is 1. The van der Waals surface area contributed by atoms with Crippen LogP contribution in [0.5, 0.6) is 0 Å². The van der Waals surface area contributed by atoms with Gasteiger partial charge in [0.25, 0.3) is 0 Å². The Bertz CT molecular complexity index is 288. The number of alkyl halides is 3. The largest absolute Gasteiger partial charge is 0.490 e. The lowest BCUT2D eigenvalue weighted by molar-refractivity contribution is -0.192. The highest BCUT2D eigenvalue weighted by atomic mass is 19.4. The van der Waals surface area contributed by atoms with Gasteiger partial charge in [-0.25, -0.2) is 4.79 Å². The SMILES string of the molecule is CC(=O)NCCCCCC(N)=O.O=C(O)C(F)(F)F. The van der Waals surface area contributed by atoms with Gasteiger partial charge in [0.1, 0.15) is 0 Å². The van der Waals surface area contributed by atoms with Gasteiger partial charge in [0.05, 0.1) is 0 Å². The highest BCUT2D eigenvalue weighted by molar-refractivity contribution is 5.73. The van der Waals surface area contributed by atoms with Crippen molar-refractivity contribution in [1.29, 1.82) is 0 Å². The summed E-state index contributed by atoms with van der Waals surface area (Å²) in [5, 5.41) is 9.80. The lowest BCUT2D eigenvalue weighted by Gasteiger charge is -2.00. The predicted octanol–water partition coefficient (Wildman–Crippen LogP) is 0.802. The van der Waals surface area contributed by atoms with E-state index in [1.807, 2.05) is 0 Å². The van der Waals surface area contributed by atoms with Crippen LogP contribution in [-0.4, -0.2) is 35.6 Å². The summed E-state index contributed by atoms with van der Waals surface area (Å²) in [5.74, 6) is -3.02. The summed E-state index contributed by atoms with van der Waals surface area (Å²) >= 11 is 0. The summed E-state index contributed by atoms with van der Waals surface area (Å²) in [5.41, 5.74) is 4.95. The number of unbranched alkanes of at least 4 members (excludes halogenated alkanes) is 2. The maximum atomic E-state index is 10.6. The number of halogens is 3. The molecule has 0 spiro atoms. The second-order valence-electron chi connectivity index (χ2n) is 3.56. The van der Waals surface area contributed by atoms with Crippen LogP contribution in [0.3, 0.4) is 0 Å². The van der Waals surface area contributed by atoms with Crippen molar-refractivity contribution in [3.05, 3.63) is 0 Å². The molecule has 0 fully saturated rings. The van der Waals surface area contributed by atoms with Crippen LogP contribution in [0.4, 0.5) is 13.2 Å². The molecule has 19 heavy (non-hydrogen) atoms. The molecule has 0 aliphatic carbocycles. The van der Waals surface area contributed by atoms with Gasteiger partial charge in [0.15, 0.2) is 0 Å². The molecule has 0 saturated heterocycles. The molecule has 0 aromatic heterocycles. The van der Waals surface area contributed by atoms with E-state index >= 15 is 0 Å². The van der Waals surface area contributed by atoms with E-state index in [0.29, 0.717) is 13.0 Å². The molecule has 0 saturated carbocycles. The van der Waals surface area contributed by atoms with Crippen molar-refractivity contribution in [2.45, 2.75) is 38.8 Å². The van der Waals surface area contributed by atoms with Crippen LogP contribution in [0.1, 0.15) is 32.6 Å². The standard InChI is InChI=1S/C8H16N2O2.C2HF3O2/c1-7(11)10-6-4-2-3-5-8(9)12;3-2(4,5)1(6)7/h2-6H2,1H3,(H2,9,12)(H,10,11);(H,6,7). The van der Waals surface area contributed by atoms with Crippen LogP contribution in [0.2, 0.25) is 0 Å². The van der Waals surface area contributed by atoms with Crippen molar-refractivity contribution in [1.82, 2.24) is 5.32 Å². The molecule has 9 heteroatoms. The number of amides is 2. The average Bonchev–Trinajstić information content (AvgIpc) is 2.21. The average molecular weight is 286 g/mol. The zero-order valence-corrected chi connectivity index (χ0v) is 10.4. The highest BCUT2D eigenvalue weighted by Crippen LogP contribution is 2.13. The third-order valence-electron chi connectivity index (χ3n) is 1.72. The Balaban J connectivity index is 0. The zero-order chi connectivity index (χ0) is 15.5. The molecule has 0 aliphatic rings. The van der Waals surface area contributed by atoms with Gasteiger partial charge in [-0.2, -0.15) is 13.2 Å². The number of carbonyl (C=O) groups excluding carboxylic acids is 2. The summed E-state index contributed by atoms with van der Waals surface area (Å²) in [6.45, 7) is 2.18. The molecule has 0 radical (unpaired) electrons. The Morgan fingerprint density at radius 2 is 1.63 bits per heavy atom. The molecule has 0 atom stereocenters. The van der Waals surface area contributed by atoms with Gasteiger partial charge in [0.2, 0.25) is 11.8 Å². The van der Waals surface area contributed by atoms with Gasteiger partial charge in [-0.15, -0.1) is 0 Å². The highest BCUT2D eigenvalue weighted by Gasteiger charge is 2.38. The number of aliphatic carboxylic acids is 1. The number of rotatable bonds is 6. The number of hydrogen-bond donors (Lipinski definition) is 3. The number of nitrogens with one attached hydrogen (secondary N) is 1. The fourth-order valence-corrected chi connectivity index (χ4v) is 0.865. The second kappa shape index (κ2) is 10.2. The number of carboxylic acids is 1. The lowest BCUT2D eigenvalue weighted by Crippen LogP contribution is -2.21. The fourth-order valence-electron chi connectivity index (χ4n) is 0.865. The van der Waals surface area contributed by atoms with Crippen molar-refractivity contribution in [3.8, 4) is 0 Å². The minimum atomic E-state index is -5.08. The normalized spacial score (nSPS) is 10.1. The Morgan fingerprint density at radius 1 is 1.16 bits per heavy atom. The zero-order valence-electron chi connectivity index (χ0n) is 10.4. The number of nitrogens with two attached hydrogens (primary N) is 1. The van der Waals surface area contributed by atoms with Crippen LogP contribution < -0.4 is 11.1 Å². The molecule has 0 aliphatic heterocycles. The van der Waals surface area contributed by atoms with E-state index in [0.717, 1.165) is 19.3 Å². The van der Waals surface area contributed by atoms with E-state index in [1.165, 1.54) is 6.92 Å². The van der Waals surface area contributed by atoms with Crippen LogP contribution in [0.25, 0.3) is 0 Å². The molecule has 0 aromatic carbocycles. The first-order chi connectivity index (χ1) is 8.57. The van der Waals surface area contributed by atoms with Crippen LogP contribution in [-0.2, 0) is 14.4 Å². The molecule has 0 aromatic rings. The van der Waals surface area contributed by atoms with E-state index in [9.17, 15) is 22.8 Å². The fraction of sp³-hybridized carbons (Fsp3) is 0.700. The topological polar surface area (TPSA) is 109 Å². The smallest absolute Gasteiger partial charge is 0.475 e. The van der Waals surface area contributed by atoms with Crippen LogP contribution in [0, 0.1) is 0 Å². The molecule has 0 unspecified atom stereocenters. The van der Waals surface area contributed by atoms with Gasteiger partial charge < -0.3 is 16.2 Å². The van der Waals surface area contributed by atoms with E-state index in [4.69, 9.17) is 15.6 Å². The van der Waals surface area contributed by atoms with E-state index in [1.54, 1.807) is 0 Å².